The molecule has 1 aromatic heterocycles. The van der Waals surface area contributed by atoms with Gasteiger partial charge in [0.05, 0.1) is 19.4 Å². The Morgan fingerprint density at radius 1 is 1.42 bits per heavy atom. The summed E-state index contributed by atoms with van der Waals surface area (Å²) in [5, 5.41) is 4.20. The lowest BCUT2D eigenvalue weighted by Crippen LogP contribution is -2.59. The lowest BCUT2D eigenvalue weighted by atomic mass is 9.88. The minimum Gasteiger partial charge on any atom is -0.379 e. The third-order valence-corrected chi connectivity index (χ3v) is 4.24. The number of nitrogens with two attached hydrogens (primary N) is 1. The van der Waals surface area contributed by atoms with Gasteiger partial charge in [-0.2, -0.15) is 5.10 Å². The van der Waals surface area contributed by atoms with Gasteiger partial charge in [0.2, 0.25) is 0 Å². The number of hydrogen-bond donors (Lipinski definition) is 1. The standard InChI is InChI=1S/C14H26N4O/c1-14(2,18-6-8-19-9-7-18)13(15)5-4-12-10-16-17(3)11-12/h10-11,13H,4-9,15H2,1-3H3. The first-order valence-electron chi connectivity index (χ1n) is 7.06. The van der Waals surface area contributed by atoms with Crippen LogP contribution in [0.1, 0.15) is 25.8 Å². The zero-order chi connectivity index (χ0) is 13.9. The van der Waals surface area contributed by atoms with E-state index < -0.39 is 0 Å². The zero-order valence-corrected chi connectivity index (χ0v) is 12.3. The normalized spacial score (nSPS) is 19.6. The Morgan fingerprint density at radius 2 is 2.11 bits per heavy atom. The molecule has 1 aliphatic rings. The van der Waals surface area contributed by atoms with Gasteiger partial charge in [-0.15, -0.1) is 0 Å². The molecule has 2 N–H and O–H groups in total. The third-order valence-electron chi connectivity index (χ3n) is 4.24. The van der Waals surface area contributed by atoms with E-state index in [9.17, 15) is 0 Å². The summed E-state index contributed by atoms with van der Waals surface area (Å²) in [5.74, 6) is 0. The summed E-state index contributed by atoms with van der Waals surface area (Å²) in [6.45, 7) is 8.08. The molecule has 5 heteroatoms. The summed E-state index contributed by atoms with van der Waals surface area (Å²) < 4.78 is 7.25. The quantitative estimate of drug-likeness (QED) is 0.856. The molecule has 0 radical (unpaired) electrons. The van der Waals surface area contributed by atoms with E-state index in [-0.39, 0.29) is 11.6 Å². The number of morpholine rings is 1. The molecule has 0 bridgehead atoms. The Morgan fingerprint density at radius 3 is 2.68 bits per heavy atom. The molecular weight excluding hydrogens is 240 g/mol. The van der Waals surface area contributed by atoms with Crippen molar-refractivity contribution in [2.24, 2.45) is 12.8 Å². The van der Waals surface area contributed by atoms with E-state index in [4.69, 9.17) is 10.5 Å². The van der Waals surface area contributed by atoms with Crippen LogP contribution in [-0.4, -0.2) is 52.6 Å². The first-order chi connectivity index (χ1) is 9.00. The van der Waals surface area contributed by atoms with Gasteiger partial charge in [0.25, 0.3) is 0 Å². The number of ether oxygens (including phenoxy) is 1. The van der Waals surface area contributed by atoms with Crippen molar-refractivity contribution < 1.29 is 4.74 Å². The largest absolute Gasteiger partial charge is 0.379 e. The van der Waals surface area contributed by atoms with E-state index in [2.05, 4.69) is 30.0 Å². The molecule has 1 fully saturated rings. The Kier molecular flexibility index (Phi) is 4.60. The van der Waals surface area contributed by atoms with Crippen molar-refractivity contribution in [1.82, 2.24) is 14.7 Å². The van der Waals surface area contributed by atoms with Crippen LogP contribution in [0.3, 0.4) is 0 Å². The first-order valence-corrected chi connectivity index (χ1v) is 7.06. The minimum absolute atomic E-state index is 0.0198. The van der Waals surface area contributed by atoms with Crippen LogP contribution in [0.5, 0.6) is 0 Å². The Labute approximate surface area is 115 Å². The van der Waals surface area contributed by atoms with Gasteiger partial charge in [0, 0.05) is 37.9 Å². The number of aromatic nitrogens is 2. The highest BCUT2D eigenvalue weighted by molar-refractivity contribution is 5.05. The summed E-state index contributed by atoms with van der Waals surface area (Å²) in [6.07, 6.45) is 5.96. The van der Waals surface area contributed by atoms with Crippen LogP contribution in [0.2, 0.25) is 0 Å². The molecule has 1 saturated heterocycles. The second-order valence-corrected chi connectivity index (χ2v) is 5.92. The molecule has 0 amide bonds. The van der Waals surface area contributed by atoms with E-state index >= 15 is 0 Å². The summed E-state index contributed by atoms with van der Waals surface area (Å²) in [7, 11) is 1.95. The average molecular weight is 266 g/mol. The number of nitrogens with zero attached hydrogens (tertiary/aromatic N) is 3. The van der Waals surface area contributed by atoms with Crippen LogP contribution in [0.4, 0.5) is 0 Å². The van der Waals surface area contributed by atoms with Gasteiger partial charge in [0.15, 0.2) is 0 Å². The van der Waals surface area contributed by atoms with E-state index in [1.807, 2.05) is 17.9 Å². The lowest BCUT2D eigenvalue weighted by Gasteiger charge is -2.44. The van der Waals surface area contributed by atoms with Crippen molar-refractivity contribution in [3.8, 4) is 0 Å². The third kappa shape index (κ3) is 3.55. The molecule has 2 heterocycles. The fraction of sp³-hybridized carbons (Fsp3) is 0.786. The van der Waals surface area contributed by atoms with Gasteiger partial charge in [-0.25, -0.2) is 0 Å². The molecule has 2 rings (SSSR count). The molecule has 108 valence electrons. The van der Waals surface area contributed by atoms with E-state index in [1.165, 1.54) is 5.56 Å². The molecule has 1 aliphatic heterocycles. The van der Waals surface area contributed by atoms with E-state index in [0.29, 0.717) is 0 Å². The average Bonchev–Trinajstić information content (AvgIpc) is 2.82. The highest BCUT2D eigenvalue weighted by Crippen LogP contribution is 2.22. The fourth-order valence-corrected chi connectivity index (χ4v) is 2.65. The lowest BCUT2D eigenvalue weighted by molar-refractivity contribution is -0.0194. The Hall–Kier alpha value is -0.910. The Bertz CT molecular complexity index is 396. The van der Waals surface area contributed by atoms with Crippen LogP contribution < -0.4 is 5.73 Å². The van der Waals surface area contributed by atoms with Crippen molar-refractivity contribution in [1.29, 1.82) is 0 Å². The van der Waals surface area contributed by atoms with Crippen LogP contribution in [0.25, 0.3) is 0 Å². The monoisotopic (exact) mass is 266 g/mol. The van der Waals surface area contributed by atoms with Crippen LogP contribution in [-0.2, 0) is 18.2 Å². The van der Waals surface area contributed by atoms with Gasteiger partial charge >= 0.3 is 0 Å². The maximum atomic E-state index is 6.43. The molecule has 1 atom stereocenters. The maximum absolute atomic E-state index is 6.43. The first kappa shape index (κ1) is 14.5. The predicted molar refractivity (Wildman–Crippen MR) is 76.0 cm³/mol. The molecule has 19 heavy (non-hydrogen) atoms. The molecular formula is C14H26N4O. The molecule has 0 aliphatic carbocycles. The predicted octanol–water partition coefficient (Wildman–Crippen LogP) is 0.791. The fourth-order valence-electron chi connectivity index (χ4n) is 2.65. The molecule has 5 nitrogen and oxygen atoms in total. The van der Waals surface area contributed by atoms with E-state index in [0.717, 1.165) is 39.1 Å². The summed E-state index contributed by atoms with van der Waals surface area (Å²) in [5.41, 5.74) is 7.71. The van der Waals surface area contributed by atoms with Gasteiger partial charge in [-0.1, -0.05) is 0 Å². The second-order valence-electron chi connectivity index (χ2n) is 5.92. The van der Waals surface area contributed by atoms with Crippen LogP contribution in [0, 0.1) is 0 Å². The van der Waals surface area contributed by atoms with Gasteiger partial charge in [-0.05, 0) is 32.3 Å². The van der Waals surface area contributed by atoms with Crippen molar-refractivity contribution >= 4 is 0 Å². The zero-order valence-electron chi connectivity index (χ0n) is 12.3. The molecule has 1 unspecified atom stereocenters. The summed E-state index contributed by atoms with van der Waals surface area (Å²) in [4.78, 5) is 2.45. The highest BCUT2D eigenvalue weighted by atomic mass is 16.5. The van der Waals surface area contributed by atoms with Crippen LogP contribution >= 0.6 is 0 Å². The van der Waals surface area contributed by atoms with E-state index in [1.54, 1.807) is 0 Å². The van der Waals surface area contributed by atoms with Crippen molar-refractivity contribution in [2.45, 2.75) is 38.3 Å². The smallest absolute Gasteiger partial charge is 0.0594 e. The summed E-state index contributed by atoms with van der Waals surface area (Å²) >= 11 is 0. The SMILES string of the molecule is Cn1cc(CCC(N)C(C)(C)N2CCOCC2)cn1. The number of aryl methyl sites for hydroxylation is 2. The molecule has 0 spiro atoms. The van der Waals surface area contributed by atoms with Gasteiger partial charge in [-0.3, -0.25) is 9.58 Å². The maximum Gasteiger partial charge on any atom is 0.0594 e. The highest BCUT2D eigenvalue weighted by Gasteiger charge is 2.33. The molecule has 0 aromatic carbocycles. The number of hydrogen-bond acceptors (Lipinski definition) is 4. The van der Waals surface area contributed by atoms with Crippen molar-refractivity contribution in [3.05, 3.63) is 18.0 Å². The van der Waals surface area contributed by atoms with Crippen molar-refractivity contribution in [2.75, 3.05) is 26.3 Å². The van der Waals surface area contributed by atoms with Gasteiger partial charge in [0.1, 0.15) is 0 Å². The van der Waals surface area contributed by atoms with Crippen LogP contribution in [0.15, 0.2) is 12.4 Å². The number of rotatable bonds is 5. The molecule has 1 aromatic rings. The minimum atomic E-state index is 0.0198. The topological polar surface area (TPSA) is 56.3 Å². The Balaban J connectivity index is 1.88. The van der Waals surface area contributed by atoms with Crippen molar-refractivity contribution in [3.63, 3.8) is 0 Å². The second kappa shape index (κ2) is 6.03. The summed E-state index contributed by atoms with van der Waals surface area (Å²) in [6, 6.07) is 0.158. The molecule has 0 saturated carbocycles. The van der Waals surface area contributed by atoms with Gasteiger partial charge < -0.3 is 10.5 Å².